The fourth-order valence-corrected chi connectivity index (χ4v) is 2.16. The van der Waals surface area contributed by atoms with E-state index in [2.05, 4.69) is 12.2 Å². The van der Waals surface area contributed by atoms with E-state index in [-0.39, 0.29) is 22.3 Å². The van der Waals surface area contributed by atoms with Crippen molar-refractivity contribution in [2.75, 3.05) is 25.2 Å². The lowest BCUT2D eigenvalue weighted by Crippen LogP contribution is -2.37. The van der Waals surface area contributed by atoms with Gasteiger partial charge in [-0.15, -0.1) is 0 Å². The van der Waals surface area contributed by atoms with Gasteiger partial charge in [0.2, 0.25) is 0 Å². The lowest BCUT2D eigenvalue weighted by Gasteiger charge is -2.30. The Kier molecular flexibility index (Phi) is 5.62. The molecule has 1 aromatic rings. The van der Waals surface area contributed by atoms with Gasteiger partial charge in [0.1, 0.15) is 4.99 Å². The first-order chi connectivity index (χ1) is 8.93. The summed E-state index contributed by atoms with van der Waals surface area (Å²) in [5.74, 6) is -1.94. The largest absolute Gasteiger partial charge is 0.389 e. The zero-order valence-corrected chi connectivity index (χ0v) is 12.1. The molecular weight excluding hydrogens is 270 g/mol. The number of rotatable bonds is 6. The molecule has 0 bridgehead atoms. The van der Waals surface area contributed by atoms with E-state index in [0.29, 0.717) is 13.2 Å². The molecule has 106 valence electrons. The zero-order chi connectivity index (χ0) is 14.6. The first-order valence-corrected chi connectivity index (χ1v) is 6.38. The molecule has 0 aromatic heterocycles. The highest BCUT2D eigenvalue weighted by atomic mass is 32.1. The molecule has 0 spiro atoms. The van der Waals surface area contributed by atoms with Gasteiger partial charge in [0.05, 0.1) is 12.3 Å². The van der Waals surface area contributed by atoms with Crippen LogP contribution in [0.3, 0.4) is 0 Å². The molecule has 0 saturated carbocycles. The van der Waals surface area contributed by atoms with Crippen molar-refractivity contribution in [3.63, 3.8) is 0 Å². The number of halogens is 2. The normalized spacial score (nSPS) is 12.3. The van der Waals surface area contributed by atoms with E-state index in [1.54, 1.807) is 12.0 Å². The third-order valence-electron chi connectivity index (χ3n) is 2.92. The van der Waals surface area contributed by atoms with Crippen LogP contribution in [0.5, 0.6) is 0 Å². The highest BCUT2D eigenvalue weighted by molar-refractivity contribution is 7.80. The van der Waals surface area contributed by atoms with Crippen molar-refractivity contribution in [1.29, 1.82) is 0 Å². The molecule has 0 amide bonds. The van der Waals surface area contributed by atoms with E-state index in [0.717, 1.165) is 0 Å². The number of benzene rings is 1. The summed E-state index contributed by atoms with van der Waals surface area (Å²) in [5.41, 5.74) is 5.45. The number of ether oxygens (including phenoxy) is 1. The summed E-state index contributed by atoms with van der Waals surface area (Å²) in [4.78, 5) is 1.57. The van der Waals surface area contributed by atoms with Crippen LogP contribution in [-0.2, 0) is 4.74 Å². The minimum atomic E-state index is -1.01. The highest BCUT2D eigenvalue weighted by Gasteiger charge is 2.21. The van der Waals surface area contributed by atoms with Crippen LogP contribution in [0.15, 0.2) is 12.1 Å². The van der Waals surface area contributed by atoms with E-state index in [4.69, 9.17) is 10.5 Å². The van der Waals surface area contributed by atoms with Crippen molar-refractivity contribution in [1.82, 2.24) is 0 Å². The van der Waals surface area contributed by atoms with Gasteiger partial charge in [-0.2, -0.15) is 0 Å². The third-order valence-corrected chi connectivity index (χ3v) is 3.14. The van der Waals surface area contributed by atoms with Crippen LogP contribution in [-0.4, -0.2) is 31.3 Å². The van der Waals surface area contributed by atoms with Gasteiger partial charge in [0.25, 0.3) is 0 Å². The number of hydrogen-bond acceptors (Lipinski definition) is 3. The second-order valence-corrected chi connectivity index (χ2v) is 4.65. The fraction of sp³-hybridized carbons (Fsp3) is 0.462. The monoisotopic (exact) mass is 288 g/mol. The maximum Gasteiger partial charge on any atom is 0.182 e. The number of nitrogens with zero attached hydrogens (tertiary/aromatic N) is 1. The van der Waals surface area contributed by atoms with Crippen LogP contribution < -0.4 is 10.6 Å². The Bertz CT molecular complexity index is 468. The van der Waals surface area contributed by atoms with Crippen LogP contribution in [0, 0.1) is 11.6 Å². The molecule has 0 aliphatic heterocycles. The predicted molar refractivity (Wildman–Crippen MR) is 76.6 cm³/mol. The van der Waals surface area contributed by atoms with Gasteiger partial charge in [-0.3, -0.25) is 0 Å². The third kappa shape index (κ3) is 3.39. The zero-order valence-electron chi connectivity index (χ0n) is 11.2. The lowest BCUT2D eigenvalue weighted by molar-refractivity contribution is 0.181. The van der Waals surface area contributed by atoms with E-state index in [9.17, 15) is 8.78 Å². The minimum absolute atomic E-state index is 0.0698. The molecule has 1 atom stereocenters. The summed E-state index contributed by atoms with van der Waals surface area (Å²) in [6, 6.07) is 2.82. The molecule has 0 heterocycles. The molecule has 0 saturated heterocycles. The Morgan fingerprint density at radius 2 is 2.05 bits per heavy atom. The molecule has 2 N–H and O–H groups in total. The summed E-state index contributed by atoms with van der Waals surface area (Å²) in [6.45, 7) is 4.70. The second kappa shape index (κ2) is 6.77. The summed E-state index contributed by atoms with van der Waals surface area (Å²) in [6.07, 6.45) is 0. The second-order valence-electron chi connectivity index (χ2n) is 4.21. The summed E-state index contributed by atoms with van der Waals surface area (Å²) >= 11 is 4.68. The lowest BCUT2D eigenvalue weighted by atomic mass is 10.1. The van der Waals surface area contributed by atoms with Gasteiger partial charge in [-0.05, 0) is 26.0 Å². The average molecular weight is 288 g/mol. The van der Waals surface area contributed by atoms with Gasteiger partial charge >= 0.3 is 0 Å². The van der Waals surface area contributed by atoms with Crippen molar-refractivity contribution >= 4 is 22.9 Å². The van der Waals surface area contributed by atoms with Crippen molar-refractivity contribution in [2.24, 2.45) is 5.73 Å². The highest BCUT2D eigenvalue weighted by Crippen LogP contribution is 2.25. The van der Waals surface area contributed by atoms with Crippen LogP contribution in [0.2, 0.25) is 0 Å². The Hall–Kier alpha value is -1.27. The van der Waals surface area contributed by atoms with Crippen molar-refractivity contribution in [3.8, 4) is 0 Å². The molecule has 0 radical (unpaired) electrons. The van der Waals surface area contributed by atoms with Crippen molar-refractivity contribution in [2.45, 2.75) is 19.9 Å². The summed E-state index contributed by atoms with van der Waals surface area (Å²) in [5, 5.41) is 0. The molecular formula is C13H18F2N2OS. The molecule has 1 aromatic carbocycles. The number of hydrogen-bond donors (Lipinski definition) is 1. The van der Waals surface area contributed by atoms with Gasteiger partial charge in [0, 0.05) is 25.3 Å². The molecule has 6 heteroatoms. The fourth-order valence-electron chi connectivity index (χ4n) is 2.00. The van der Waals surface area contributed by atoms with Gasteiger partial charge in [0.15, 0.2) is 11.6 Å². The molecule has 3 nitrogen and oxygen atoms in total. The Morgan fingerprint density at radius 3 is 2.53 bits per heavy atom. The smallest absolute Gasteiger partial charge is 0.182 e. The van der Waals surface area contributed by atoms with E-state index < -0.39 is 11.6 Å². The Labute approximate surface area is 117 Å². The predicted octanol–water partition coefficient (Wildman–Crippen LogP) is 2.46. The van der Waals surface area contributed by atoms with Gasteiger partial charge in [-0.25, -0.2) is 8.78 Å². The molecule has 0 aliphatic carbocycles. The summed E-state index contributed by atoms with van der Waals surface area (Å²) in [7, 11) is 1.57. The number of thiocarbonyl (C=S) groups is 1. The number of likely N-dealkylation sites (N-methyl/N-ethyl adjacent to an activating group) is 1. The first kappa shape index (κ1) is 15.8. The number of methoxy groups -OCH3 is 1. The van der Waals surface area contributed by atoms with Gasteiger partial charge < -0.3 is 15.4 Å². The minimum Gasteiger partial charge on any atom is -0.389 e. The van der Waals surface area contributed by atoms with Crippen LogP contribution in [0.25, 0.3) is 0 Å². The SMILES string of the molecule is CCN(c1ccc(C(N)=S)c(F)c1F)C(C)COC. The van der Waals surface area contributed by atoms with Gasteiger partial charge in [-0.1, -0.05) is 12.2 Å². The standard InChI is InChI=1S/C13H18F2N2OS/c1-4-17(8(2)7-18-3)10-6-5-9(13(16)19)11(14)12(10)15/h5-6,8H,4,7H2,1-3H3,(H2,16,19). The maximum atomic E-state index is 14.1. The maximum absolute atomic E-state index is 14.1. The molecule has 0 aliphatic rings. The Morgan fingerprint density at radius 1 is 1.42 bits per heavy atom. The molecule has 0 fully saturated rings. The average Bonchev–Trinajstić information content (AvgIpc) is 2.35. The van der Waals surface area contributed by atoms with Crippen LogP contribution in [0.4, 0.5) is 14.5 Å². The number of nitrogens with two attached hydrogens (primary N) is 1. The first-order valence-electron chi connectivity index (χ1n) is 5.97. The van der Waals surface area contributed by atoms with Crippen molar-refractivity contribution < 1.29 is 13.5 Å². The molecule has 19 heavy (non-hydrogen) atoms. The number of anilines is 1. The topological polar surface area (TPSA) is 38.5 Å². The van der Waals surface area contributed by atoms with E-state index >= 15 is 0 Å². The van der Waals surface area contributed by atoms with Crippen LogP contribution >= 0.6 is 12.2 Å². The quantitative estimate of drug-likeness (QED) is 0.816. The Balaban J connectivity index is 3.19. The van der Waals surface area contributed by atoms with E-state index in [1.807, 2.05) is 13.8 Å². The summed E-state index contributed by atoms with van der Waals surface area (Å²) < 4.78 is 33.0. The molecule has 1 unspecified atom stereocenters. The van der Waals surface area contributed by atoms with Crippen molar-refractivity contribution in [3.05, 3.63) is 29.3 Å². The molecule has 1 rings (SSSR count). The van der Waals surface area contributed by atoms with Crippen LogP contribution in [0.1, 0.15) is 19.4 Å². The van der Waals surface area contributed by atoms with E-state index in [1.165, 1.54) is 12.1 Å².